The molecule has 0 amide bonds. The molecule has 0 rings (SSSR count). The van der Waals surface area contributed by atoms with Crippen LogP contribution in [0.25, 0.3) is 0 Å². The van der Waals surface area contributed by atoms with Crippen LogP contribution in [0.15, 0.2) is 0 Å². The fourth-order valence-electron chi connectivity index (χ4n) is 0.956. The van der Waals surface area contributed by atoms with Crippen LogP contribution in [0.2, 0.25) is 0 Å². The van der Waals surface area contributed by atoms with Gasteiger partial charge in [0.1, 0.15) is 0 Å². The van der Waals surface area contributed by atoms with E-state index in [9.17, 15) is 5.11 Å². The highest BCUT2D eigenvalue weighted by Gasteiger charge is 2.12. The topological polar surface area (TPSA) is 20.2 Å². The summed E-state index contributed by atoms with van der Waals surface area (Å²) in [6.45, 7) is 3.97. The maximum atomic E-state index is 9.27. The number of hydrogen-bond acceptors (Lipinski definition) is 1. The van der Waals surface area contributed by atoms with E-state index >= 15 is 0 Å². The van der Waals surface area contributed by atoms with Crippen molar-refractivity contribution in [1.82, 2.24) is 0 Å². The SMILES string of the molecule is [C]#CC(CCC)C(O)CC. The van der Waals surface area contributed by atoms with E-state index in [0.717, 1.165) is 19.3 Å². The summed E-state index contributed by atoms with van der Waals surface area (Å²) in [4.78, 5) is 0. The van der Waals surface area contributed by atoms with Crippen LogP contribution < -0.4 is 0 Å². The lowest BCUT2D eigenvalue weighted by atomic mass is 9.96. The van der Waals surface area contributed by atoms with E-state index in [1.807, 2.05) is 13.8 Å². The van der Waals surface area contributed by atoms with Crippen LogP contribution in [0.1, 0.15) is 33.1 Å². The molecule has 2 atom stereocenters. The Morgan fingerprint density at radius 3 is 2.40 bits per heavy atom. The smallest absolute Gasteiger partial charge is 0.0675 e. The molecule has 1 nitrogen and oxygen atoms in total. The third-order valence-electron chi connectivity index (χ3n) is 1.67. The summed E-state index contributed by atoms with van der Waals surface area (Å²) < 4.78 is 0. The third kappa shape index (κ3) is 2.89. The minimum atomic E-state index is -0.363. The maximum absolute atomic E-state index is 9.27. The van der Waals surface area contributed by atoms with E-state index in [0.29, 0.717) is 0 Å². The van der Waals surface area contributed by atoms with Gasteiger partial charge in [0.2, 0.25) is 0 Å². The Labute approximate surface area is 63.5 Å². The molecule has 0 aromatic heterocycles. The molecule has 0 fully saturated rings. The van der Waals surface area contributed by atoms with Gasteiger partial charge in [0.25, 0.3) is 0 Å². The van der Waals surface area contributed by atoms with Crippen LogP contribution >= 0.6 is 0 Å². The molecule has 0 aliphatic heterocycles. The lowest BCUT2D eigenvalue weighted by Crippen LogP contribution is -2.17. The second-order valence-electron chi connectivity index (χ2n) is 2.52. The second kappa shape index (κ2) is 5.32. The summed E-state index contributed by atoms with van der Waals surface area (Å²) in [5.41, 5.74) is 0. The third-order valence-corrected chi connectivity index (χ3v) is 1.67. The maximum Gasteiger partial charge on any atom is 0.0675 e. The first-order valence-corrected chi connectivity index (χ1v) is 3.86. The standard InChI is InChI=1S/C9H15O/c1-4-7-8(5-2)9(10)6-3/h8-10H,4,6-7H2,1,3H3. The zero-order valence-electron chi connectivity index (χ0n) is 6.72. The van der Waals surface area contributed by atoms with Gasteiger partial charge in [-0.2, -0.15) is 0 Å². The molecule has 1 radical (unpaired) electrons. The van der Waals surface area contributed by atoms with Crippen molar-refractivity contribution < 1.29 is 5.11 Å². The number of rotatable bonds is 4. The molecule has 10 heavy (non-hydrogen) atoms. The summed E-state index contributed by atoms with van der Waals surface area (Å²) in [6, 6.07) is 0. The van der Waals surface area contributed by atoms with Gasteiger partial charge >= 0.3 is 0 Å². The minimum Gasteiger partial charge on any atom is -0.392 e. The highest BCUT2D eigenvalue weighted by molar-refractivity contribution is 4.90. The lowest BCUT2D eigenvalue weighted by molar-refractivity contribution is 0.125. The number of hydrogen-bond donors (Lipinski definition) is 1. The molecule has 0 aliphatic carbocycles. The van der Waals surface area contributed by atoms with Gasteiger partial charge in [-0.3, -0.25) is 0 Å². The molecule has 1 N–H and O–H groups in total. The summed E-state index contributed by atoms with van der Waals surface area (Å²) >= 11 is 0. The highest BCUT2D eigenvalue weighted by atomic mass is 16.3. The van der Waals surface area contributed by atoms with Gasteiger partial charge in [-0.05, 0) is 19.3 Å². The minimum absolute atomic E-state index is 0.0463. The molecule has 0 aromatic rings. The van der Waals surface area contributed by atoms with Gasteiger partial charge in [-0.15, -0.1) is 0 Å². The molecule has 0 aromatic carbocycles. The molecular formula is C9H15O. The van der Waals surface area contributed by atoms with Crippen molar-refractivity contribution in [3.63, 3.8) is 0 Å². The van der Waals surface area contributed by atoms with Gasteiger partial charge in [-0.25, -0.2) is 0 Å². The van der Waals surface area contributed by atoms with Crippen LogP contribution in [-0.4, -0.2) is 11.2 Å². The second-order valence-corrected chi connectivity index (χ2v) is 2.52. The average molecular weight is 139 g/mol. The van der Waals surface area contributed by atoms with Crippen LogP contribution in [0.4, 0.5) is 0 Å². The molecule has 0 heterocycles. The fraction of sp³-hybridized carbons (Fsp3) is 0.778. The summed E-state index contributed by atoms with van der Waals surface area (Å²) in [5, 5.41) is 9.27. The van der Waals surface area contributed by atoms with Crippen LogP contribution in [0, 0.1) is 18.3 Å². The lowest BCUT2D eigenvalue weighted by Gasteiger charge is -2.14. The van der Waals surface area contributed by atoms with E-state index in [-0.39, 0.29) is 12.0 Å². The molecule has 0 saturated carbocycles. The van der Waals surface area contributed by atoms with Crippen LogP contribution in [0.3, 0.4) is 0 Å². The van der Waals surface area contributed by atoms with Gasteiger partial charge < -0.3 is 5.11 Å². The Morgan fingerprint density at radius 1 is 1.50 bits per heavy atom. The first kappa shape index (κ1) is 9.52. The van der Waals surface area contributed by atoms with Crippen molar-refractivity contribution in [2.24, 2.45) is 5.92 Å². The van der Waals surface area contributed by atoms with Crippen molar-refractivity contribution in [3.05, 3.63) is 6.42 Å². The van der Waals surface area contributed by atoms with Crippen molar-refractivity contribution >= 4 is 0 Å². The Hall–Kier alpha value is -0.480. The van der Waals surface area contributed by atoms with Crippen molar-refractivity contribution in [2.45, 2.75) is 39.2 Å². The zero-order valence-corrected chi connectivity index (χ0v) is 6.72. The Balaban J connectivity index is 3.71. The van der Waals surface area contributed by atoms with E-state index in [1.54, 1.807) is 0 Å². The van der Waals surface area contributed by atoms with Gasteiger partial charge in [-0.1, -0.05) is 26.2 Å². The Kier molecular flexibility index (Phi) is 5.06. The Bertz CT molecular complexity index is 112. The van der Waals surface area contributed by atoms with E-state index in [4.69, 9.17) is 6.42 Å². The normalized spacial score (nSPS) is 15.8. The monoisotopic (exact) mass is 139 g/mol. The summed E-state index contributed by atoms with van der Waals surface area (Å²) in [7, 11) is 0. The largest absolute Gasteiger partial charge is 0.392 e. The molecule has 2 unspecified atom stereocenters. The molecular weight excluding hydrogens is 124 g/mol. The van der Waals surface area contributed by atoms with Crippen molar-refractivity contribution in [1.29, 1.82) is 0 Å². The fourth-order valence-corrected chi connectivity index (χ4v) is 0.956. The molecule has 57 valence electrons. The highest BCUT2D eigenvalue weighted by Crippen LogP contribution is 2.12. The van der Waals surface area contributed by atoms with Crippen LogP contribution in [0.5, 0.6) is 0 Å². The average Bonchev–Trinajstić information content (AvgIpc) is 1.99. The molecule has 0 aliphatic rings. The van der Waals surface area contributed by atoms with E-state index in [2.05, 4.69) is 5.92 Å². The molecule has 0 spiro atoms. The van der Waals surface area contributed by atoms with Gasteiger partial charge in [0.05, 0.1) is 6.10 Å². The molecule has 0 saturated heterocycles. The summed E-state index contributed by atoms with van der Waals surface area (Å²) in [5.74, 6) is 2.31. The van der Waals surface area contributed by atoms with Gasteiger partial charge in [0.15, 0.2) is 0 Å². The zero-order chi connectivity index (χ0) is 7.98. The van der Waals surface area contributed by atoms with Crippen molar-refractivity contribution in [2.75, 3.05) is 0 Å². The number of aliphatic hydroxyl groups is 1. The molecule has 0 bridgehead atoms. The Morgan fingerprint density at radius 2 is 2.10 bits per heavy atom. The molecule has 1 heteroatoms. The predicted octanol–water partition coefficient (Wildman–Crippen LogP) is 1.76. The van der Waals surface area contributed by atoms with Gasteiger partial charge in [0, 0.05) is 5.92 Å². The number of aliphatic hydroxyl groups excluding tert-OH is 1. The van der Waals surface area contributed by atoms with Crippen molar-refractivity contribution in [3.8, 4) is 5.92 Å². The first-order valence-electron chi connectivity index (χ1n) is 3.86. The van der Waals surface area contributed by atoms with E-state index < -0.39 is 0 Å². The van der Waals surface area contributed by atoms with Crippen LogP contribution in [-0.2, 0) is 0 Å². The first-order chi connectivity index (χ1) is 4.76. The van der Waals surface area contributed by atoms with E-state index in [1.165, 1.54) is 0 Å². The summed E-state index contributed by atoms with van der Waals surface area (Å²) in [6.07, 6.45) is 9.12. The predicted molar refractivity (Wildman–Crippen MR) is 41.8 cm³/mol. The quantitative estimate of drug-likeness (QED) is 0.588.